The second-order valence-electron chi connectivity index (χ2n) is 23.7. The zero-order valence-electron chi connectivity index (χ0n) is 52.0. The summed E-state index contributed by atoms with van der Waals surface area (Å²) in [4.78, 5) is 15.2. The van der Waals surface area contributed by atoms with Crippen LogP contribution in [0.2, 0.25) is 0 Å². The molecule has 0 amide bonds. The predicted octanol–water partition coefficient (Wildman–Crippen LogP) is 19.4. The summed E-state index contributed by atoms with van der Waals surface area (Å²) < 4.78 is 51.5. The standard InChI is InChI=1S/C84H40F3N13/c85-84(86,87)68-16-22-79(99-75-18-12-59(64-27-49(41-88)23-50(28-64)42-89)35-70(75)71-36-60(13-19-76(71)99)65-29-51(43-90)24-52(30-65)44-91)74(40-68)69-17-11-63(83-97-81(57-7-3-1-4-8-57)96-82(98-83)58-9-5-2-6-10-58)39-80(69)100-77-20-14-61(66-31-53(45-92)25-54(32-66)46-93)37-72(77)73-38-62(15-21-78(73)100)67-33-55(47-94)26-56(34-67)48-95/h1-40H. The number of hydrogen-bond donors (Lipinski definition) is 0. The Labute approximate surface area is 568 Å². The maximum Gasteiger partial charge on any atom is 0.416 e. The fourth-order valence-corrected chi connectivity index (χ4v) is 13.1. The van der Waals surface area contributed by atoms with Crippen LogP contribution in [0, 0.1) is 90.6 Å². The van der Waals surface area contributed by atoms with Crippen molar-refractivity contribution in [2.75, 3.05) is 0 Å². The average Bonchev–Trinajstić information content (AvgIpc) is 1.56. The van der Waals surface area contributed by atoms with Gasteiger partial charge in [0, 0.05) is 49.4 Å². The number of nitrogens with zero attached hydrogens (tertiary/aromatic N) is 13. The van der Waals surface area contributed by atoms with Gasteiger partial charge in [0.25, 0.3) is 0 Å². The van der Waals surface area contributed by atoms with Gasteiger partial charge in [-0.1, -0.05) is 97.1 Å². The molecule has 0 atom stereocenters. The second-order valence-corrected chi connectivity index (χ2v) is 23.7. The first-order valence-corrected chi connectivity index (χ1v) is 31.0. The van der Waals surface area contributed by atoms with Crippen molar-refractivity contribution in [2.24, 2.45) is 0 Å². The molecular weight excluding hydrogens is 1250 g/mol. The molecule has 0 radical (unpaired) electrons. The maximum atomic E-state index is 15.9. The SMILES string of the molecule is N#Cc1cc(C#N)cc(-c2ccc3c(c2)c2cc(-c4cc(C#N)cc(C#N)c4)ccc2n3-c2ccc(C(F)(F)F)cc2-c2ccc(-c3nc(-c4ccccc4)nc(-c4ccccc4)n3)cc2-n2c3ccc(-c4cc(C#N)cc(C#N)c4)cc3c3cc(-c4cc(C#N)cc(C#N)c4)ccc32)c1. The molecule has 15 rings (SSSR count). The highest BCUT2D eigenvalue weighted by atomic mass is 19.4. The van der Waals surface area contributed by atoms with E-state index in [-0.39, 0.29) is 55.9 Å². The van der Waals surface area contributed by atoms with Crippen LogP contribution in [0.4, 0.5) is 13.2 Å². The monoisotopic (exact) mass is 1290 g/mol. The minimum Gasteiger partial charge on any atom is -0.309 e. The Morgan fingerprint density at radius 3 is 0.860 bits per heavy atom. The zero-order chi connectivity index (χ0) is 68.9. The topological polar surface area (TPSA) is 239 Å². The second kappa shape index (κ2) is 24.7. The lowest BCUT2D eigenvalue weighted by Gasteiger charge is -2.21. The molecule has 3 aromatic heterocycles. The smallest absolute Gasteiger partial charge is 0.309 e. The minimum atomic E-state index is -4.87. The summed E-state index contributed by atoms with van der Waals surface area (Å²) >= 11 is 0. The van der Waals surface area contributed by atoms with Crippen LogP contribution in [0.3, 0.4) is 0 Å². The fraction of sp³-hybridized carbons (Fsp3) is 0.0119. The molecule has 0 bridgehead atoms. The van der Waals surface area contributed by atoms with Crippen LogP contribution in [-0.2, 0) is 6.18 Å². The largest absolute Gasteiger partial charge is 0.416 e. The Hall–Kier alpha value is -15.0. The molecule has 100 heavy (non-hydrogen) atoms. The van der Waals surface area contributed by atoms with Crippen molar-refractivity contribution < 1.29 is 13.2 Å². The lowest BCUT2D eigenvalue weighted by Crippen LogP contribution is -2.08. The molecule has 0 unspecified atom stereocenters. The summed E-state index contributed by atoms with van der Waals surface area (Å²) in [5.41, 5.74) is 11.2. The molecule has 0 fully saturated rings. The van der Waals surface area contributed by atoms with Crippen LogP contribution >= 0.6 is 0 Å². The van der Waals surface area contributed by atoms with Crippen molar-refractivity contribution in [3.63, 3.8) is 0 Å². The Morgan fingerprint density at radius 1 is 0.250 bits per heavy atom. The first kappa shape index (κ1) is 61.2. The summed E-state index contributed by atoms with van der Waals surface area (Å²) in [6.07, 6.45) is -4.87. The summed E-state index contributed by atoms with van der Waals surface area (Å²) in [7, 11) is 0. The van der Waals surface area contributed by atoms with Gasteiger partial charge in [-0.25, -0.2) is 15.0 Å². The highest BCUT2D eigenvalue weighted by Gasteiger charge is 2.33. The Morgan fingerprint density at radius 2 is 0.550 bits per heavy atom. The van der Waals surface area contributed by atoms with Gasteiger partial charge in [0.1, 0.15) is 0 Å². The molecular formula is C84H40F3N13. The van der Waals surface area contributed by atoms with Crippen LogP contribution in [0.5, 0.6) is 0 Å². The molecule has 0 spiro atoms. The van der Waals surface area contributed by atoms with E-state index < -0.39 is 11.7 Å². The van der Waals surface area contributed by atoms with Gasteiger partial charge in [0.15, 0.2) is 17.5 Å². The molecule has 0 saturated heterocycles. The average molecular weight is 1290 g/mol. The molecule has 0 aliphatic heterocycles. The Bertz CT molecular complexity index is 5930. The number of aromatic nitrogens is 5. The van der Waals surface area contributed by atoms with E-state index in [1.165, 1.54) is 30.3 Å². The van der Waals surface area contributed by atoms with Crippen molar-refractivity contribution in [3.8, 4) is 150 Å². The van der Waals surface area contributed by atoms with Crippen LogP contribution in [0.15, 0.2) is 243 Å². The van der Waals surface area contributed by atoms with Gasteiger partial charge in [-0.15, -0.1) is 0 Å². The van der Waals surface area contributed by atoms with Gasteiger partial charge >= 0.3 is 6.18 Å². The van der Waals surface area contributed by atoms with E-state index >= 15 is 13.2 Å². The van der Waals surface area contributed by atoms with Crippen molar-refractivity contribution >= 4 is 43.6 Å². The van der Waals surface area contributed by atoms with E-state index in [4.69, 9.17) is 15.0 Å². The number of fused-ring (bicyclic) bond motifs is 6. The predicted molar refractivity (Wildman–Crippen MR) is 375 cm³/mol. The van der Waals surface area contributed by atoms with E-state index in [0.717, 1.165) is 12.1 Å². The normalized spacial score (nSPS) is 11.1. The van der Waals surface area contributed by atoms with Gasteiger partial charge in [0.2, 0.25) is 0 Å². The first-order valence-electron chi connectivity index (χ1n) is 31.0. The molecule has 0 aliphatic carbocycles. The van der Waals surface area contributed by atoms with Crippen LogP contribution in [-0.4, -0.2) is 24.1 Å². The molecule has 16 heteroatoms. The van der Waals surface area contributed by atoms with E-state index in [1.54, 1.807) is 60.7 Å². The molecule has 462 valence electrons. The Kier molecular flexibility index (Phi) is 15.1. The number of rotatable bonds is 10. The van der Waals surface area contributed by atoms with E-state index in [0.29, 0.717) is 133 Å². The molecule has 0 N–H and O–H groups in total. The molecule has 3 heterocycles. The number of hydrogen-bond acceptors (Lipinski definition) is 11. The molecule has 0 saturated carbocycles. The third-order valence-corrected chi connectivity index (χ3v) is 17.7. The number of benzene rings is 12. The lowest BCUT2D eigenvalue weighted by atomic mass is 9.96. The third kappa shape index (κ3) is 11.0. The highest BCUT2D eigenvalue weighted by molar-refractivity contribution is 6.14. The number of alkyl halides is 3. The van der Waals surface area contributed by atoms with Crippen molar-refractivity contribution in [2.45, 2.75) is 6.18 Å². The van der Waals surface area contributed by atoms with Crippen LogP contribution in [0.25, 0.3) is 145 Å². The van der Waals surface area contributed by atoms with E-state index in [1.807, 2.05) is 149 Å². The quantitative estimate of drug-likeness (QED) is 0.125. The highest BCUT2D eigenvalue weighted by Crippen LogP contribution is 2.47. The molecule has 13 nitrogen and oxygen atoms in total. The van der Waals surface area contributed by atoms with E-state index in [9.17, 15) is 42.1 Å². The van der Waals surface area contributed by atoms with Gasteiger partial charge in [0.05, 0.1) is 132 Å². The van der Waals surface area contributed by atoms with E-state index in [2.05, 4.69) is 48.6 Å². The van der Waals surface area contributed by atoms with Gasteiger partial charge in [-0.2, -0.15) is 55.3 Å². The fourth-order valence-electron chi connectivity index (χ4n) is 13.1. The minimum absolute atomic E-state index is 0.132. The first-order chi connectivity index (χ1) is 48.7. The lowest BCUT2D eigenvalue weighted by molar-refractivity contribution is -0.137. The summed E-state index contributed by atoms with van der Waals surface area (Å²) in [5, 5.41) is 83.6. The summed E-state index contributed by atoms with van der Waals surface area (Å²) in [6, 6.07) is 87.0. The zero-order valence-corrected chi connectivity index (χ0v) is 52.0. The summed E-state index contributed by atoms with van der Waals surface area (Å²) in [6.45, 7) is 0. The van der Waals surface area contributed by atoms with Crippen molar-refractivity contribution in [1.29, 1.82) is 42.1 Å². The third-order valence-electron chi connectivity index (χ3n) is 17.7. The molecule has 0 aliphatic rings. The Balaban J connectivity index is 1.06. The van der Waals surface area contributed by atoms with Gasteiger partial charge < -0.3 is 9.13 Å². The number of halogens is 3. The van der Waals surface area contributed by atoms with Crippen LogP contribution in [0.1, 0.15) is 50.1 Å². The van der Waals surface area contributed by atoms with Gasteiger partial charge in [-0.3, -0.25) is 0 Å². The van der Waals surface area contributed by atoms with Crippen molar-refractivity contribution in [1.82, 2.24) is 24.1 Å². The van der Waals surface area contributed by atoms with Crippen LogP contribution < -0.4 is 0 Å². The summed E-state index contributed by atoms with van der Waals surface area (Å²) in [5.74, 6) is 0.956. The molecule has 15 aromatic rings. The van der Waals surface area contributed by atoms with Crippen molar-refractivity contribution in [3.05, 3.63) is 293 Å². The van der Waals surface area contributed by atoms with Gasteiger partial charge in [-0.05, 0) is 190 Å². The number of nitriles is 8. The maximum absolute atomic E-state index is 15.9. The molecule has 12 aromatic carbocycles.